The molecule has 0 aromatic heterocycles. The van der Waals surface area contributed by atoms with Crippen LogP contribution in [0.5, 0.6) is 0 Å². The number of ether oxygens (including phenoxy) is 3. The molecule has 0 unspecified atom stereocenters. The summed E-state index contributed by atoms with van der Waals surface area (Å²) < 4.78 is 45.0. The first-order chi connectivity index (χ1) is 31.4. The third-order valence-electron chi connectivity index (χ3n) is 10.7. The molecular formula is C47H64N8O10S. The van der Waals surface area contributed by atoms with Crippen molar-refractivity contribution in [1.29, 1.82) is 0 Å². The number of rotatable bonds is 25. The summed E-state index contributed by atoms with van der Waals surface area (Å²) in [5.74, 6) is -0.961. The molecule has 0 bridgehead atoms. The molecule has 5 amide bonds. The minimum absolute atomic E-state index is 0.00282. The Hall–Kier alpha value is -5.89. The van der Waals surface area contributed by atoms with Gasteiger partial charge in [0.1, 0.15) is 11.4 Å². The number of carbonyl (C=O) groups is 5. The van der Waals surface area contributed by atoms with Gasteiger partial charge >= 0.3 is 6.09 Å². The summed E-state index contributed by atoms with van der Waals surface area (Å²) in [5, 5.41) is 8.33. The van der Waals surface area contributed by atoms with Crippen LogP contribution in [0.15, 0.2) is 82.4 Å². The van der Waals surface area contributed by atoms with Crippen molar-refractivity contribution in [3.8, 4) is 11.1 Å². The molecule has 358 valence electrons. The number of sulfonamides is 1. The number of amidine groups is 1. The van der Waals surface area contributed by atoms with Crippen LogP contribution in [0, 0.1) is 5.92 Å². The van der Waals surface area contributed by atoms with Gasteiger partial charge in [0.05, 0.1) is 37.0 Å². The van der Waals surface area contributed by atoms with Gasteiger partial charge in [0.15, 0.2) is 0 Å². The fraction of sp³-hybridized carbons (Fsp3) is 0.489. The summed E-state index contributed by atoms with van der Waals surface area (Å²) in [6.07, 6.45) is 6.10. The molecular weight excluding hydrogens is 869 g/mol. The summed E-state index contributed by atoms with van der Waals surface area (Å²) in [5.41, 5.74) is 10.7. The number of amides is 5. The fourth-order valence-electron chi connectivity index (χ4n) is 7.27. The zero-order valence-corrected chi connectivity index (χ0v) is 39.3. The number of benzene rings is 2. The highest BCUT2D eigenvalue weighted by Gasteiger charge is 2.37. The molecule has 19 heteroatoms. The maximum atomic E-state index is 13.7. The summed E-state index contributed by atoms with van der Waals surface area (Å²) >= 11 is 0. The zero-order chi connectivity index (χ0) is 47.9. The molecule has 18 nitrogen and oxygen atoms in total. The predicted molar refractivity (Wildman–Crippen MR) is 251 cm³/mol. The van der Waals surface area contributed by atoms with Gasteiger partial charge in [-0.15, -0.1) is 0 Å². The van der Waals surface area contributed by atoms with Crippen LogP contribution in [-0.4, -0.2) is 142 Å². The second-order valence-corrected chi connectivity index (χ2v) is 19.1. The van der Waals surface area contributed by atoms with Crippen molar-refractivity contribution in [2.75, 3.05) is 78.8 Å². The quantitative estimate of drug-likeness (QED) is 0.0822. The number of nitrogens with zero attached hydrogens (tertiary/aromatic N) is 4. The Morgan fingerprint density at radius 1 is 0.894 bits per heavy atom. The Morgan fingerprint density at radius 2 is 1.59 bits per heavy atom. The molecule has 0 spiro atoms. The maximum absolute atomic E-state index is 13.7. The highest BCUT2D eigenvalue weighted by atomic mass is 32.2. The molecule has 3 heterocycles. The van der Waals surface area contributed by atoms with E-state index in [9.17, 15) is 32.4 Å². The van der Waals surface area contributed by atoms with E-state index in [-0.39, 0.29) is 88.1 Å². The van der Waals surface area contributed by atoms with Crippen molar-refractivity contribution >= 4 is 57.3 Å². The van der Waals surface area contributed by atoms with Crippen molar-refractivity contribution in [2.45, 2.75) is 70.3 Å². The van der Waals surface area contributed by atoms with Gasteiger partial charge in [-0.3, -0.25) is 24.1 Å². The number of nitrogens with two attached hydrogens (primary N) is 1. The third kappa shape index (κ3) is 15.4. The van der Waals surface area contributed by atoms with Gasteiger partial charge in [0.25, 0.3) is 11.8 Å². The fourth-order valence-corrected chi connectivity index (χ4v) is 8.91. The first kappa shape index (κ1) is 51.1. The van der Waals surface area contributed by atoms with E-state index in [4.69, 9.17) is 24.9 Å². The van der Waals surface area contributed by atoms with Crippen LogP contribution >= 0.6 is 0 Å². The highest BCUT2D eigenvalue weighted by molar-refractivity contribution is 7.89. The molecule has 2 aromatic rings. The molecule has 2 aromatic carbocycles. The van der Waals surface area contributed by atoms with Crippen molar-refractivity contribution in [2.24, 2.45) is 16.6 Å². The lowest BCUT2D eigenvalue weighted by molar-refractivity contribution is -0.137. The van der Waals surface area contributed by atoms with Gasteiger partial charge < -0.3 is 40.8 Å². The van der Waals surface area contributed by atoms with Crippen LogP contribution in [0.25, 0.3) is 17.2 Å². The third-order valence-corrected chi connectivity index (χ3v) is 12.5. The standard InChI is InChI=1S/C47H64N8O10S/c1-6-19-53(20-8-17-50-46(60)65-47(3,4)5)33(2)38-26-37-12-11-36(28-40(37)52-41(48)29-38)35-9-7-10-39(27-35)66(61,62)54-31-34(32-54)30-51-43(57)16-22-63-24-25-64-23-18-49-42(56)15-21-55-44(58)13-14-45(55)59/h7,9-14,26-28,34H,2,6,8,15-25,29-32H2,1,3-5H3,(H2,48,52)(H,49,56)(H,50,60)(H,51,57). The number of alkyl carbamates (subject to hydrolysis) is 1. The van der Waals surface area contributed by atoms with Gasteiger partial charge in [-0.2, -0.15) is 4.31 Å². The lowest BCUT2D eigenvalue weighted by Crippen LogP contribution is -2.53. The van der Waals surface area contributed by atoms with E-state index < -0.39 is 33.5 Å². The summed E-state index contributed by atoms with van der Waals surface area (Å²) in [4.78, 5) is 67.6. The summed E-state index contributed by atoms with van der Waals surface area (Å²) in [7, 11) is -3.79. The van der Waals surface area contributed by atoms with E-state index in [0.717, 1.165) is 40.3 Å². The first-order valence-corrected chi connectivity index (χ1v) is 23.8. The molecule has 0 atom stereocenters. The Balaban J connectivity index is 1.02. The number of allylic oxidation sites excluding steroid dienone is 1. The molecule has 1 fully saturated rings. The van der Waals surface area contributed by atoms with E-state index in [0.29, 0.717) is 49.6 Å². The van der Waals surface area contributed by atoms with Crippen molar-refractivity contribution < 1.29 is 46.6 Å². The van der Waals surface area contributed by atoms with E-state index in [1.165, 1.54) is 16.5 Å². The minimum Gasteiger partial charge on any atom is -0.444 e. The Kier molecular flexibility index (Phi) is 18.6. The van der Waals surface area contributed by atoms with Crippen molar-refractivity contribution in [3.63, 3.8) is 0 Å². The Morgan fingerprint density at radius 3 is 2.30 bits per heavy atom. The monoisotopic (exact) mass is 932 g/mol. The highest BCUT2D eigenvalue weighted by Crippen LogP contribution is 2.35. The van der Waals surface area contributed by atoms with E-state index in [1.54, 1.807) is 18.2 Å². The van der Waals surface area contributed by atoms with Gasteiger partial charge in [0, 0.05) is 101 Å². The topological polar surface area (TPSA) is 231 Å². The SMILES string of the molecule is C=C(C1=Cc2ccc(-c3cccc(S(=O)(=O)N4CC(CNC(=O)CCOCCOCCNC(=O)CCN5C(=O)C=CC5=O)C4)c3)cc2N=C(N)C1)N(CCC)CCCNC(=O)OC(C)(C)C. The van der Waals surface area contributed by atoms with Crippen LogP contribution in [0.4, 0.5) is 10.5 Å². The van der Waals surface area contributed by atoms with Crippen LogP contribution in [-0.2, 0) is 43.4 Å². The minimum atomic E-state index is -3.79. The number of fused-ring (bicyclic) bond motifs is 1. The van der Waals surface area contributed by atoms with Crippen molar-refractivity contribution in [1.82, 2.24) is 30.1 Å². The van der Waals surface area contributed by atoms with E-state index in [2.05, 4.69) is 34.4 Å². The van der Waals surface area contributed by atoms with Gasteiger partial charge in [-0.1, -0.05) is 37.8 Å². The molecule has 5 N–H and O–H groups in total. The van der Waals surface area contributed by atoms with Crippen LogP contribution in [0.3, 0.4) is 0 Å². The molecule has 1 saturated heterocycles. The second kappa shape index (κ2) is 24.0. The van der Waals surface area contributed by atoms with E-state index in [1.807, 2.05) is 51.1 Å². The average Bonchev–Trinajstić information content (AvgIpc) is 3.46. The van der Waals surface area contributed by atoms with Gasteiger partial charge in [-0.05, 0) is 74.6 Å². The molecule has 66 heavy (non-hydrogen) atoms. The normalized spacial score (nSPS) is 15.3. The molecule has 3 aliphatic rings. The number of nitrogens with one attached hydrogen (secondary N) is 3. The van der Waals surface area contributed by atoms with Crippen molar-refractivity contribution in [3.05, 3.63) is 78.0 Å². The summed E-state index contributed by atoms with van der Waals surface area (Å²) in [6.45, 7) is 16.1. The zero-order valence-electron chi connectivity index (χ0n) is 38.4. The molecule has 3 aliphatic heterocycles. The molecule has 0 radical (unpaired) electrons. The lowest BCUT2D eigenvalue weighted by atomic mass is 10.00. The number of aliphatic imine (C=N–C) groups is 1. The summed E-state index contributed by atoms with van der Waals surface area (Å²) in [6, 6.07) is 12.6. The molecule has 0 saturated carbocycles. The predicted octanol–water partition coefficient (Wildman–Crippen LogP) is 3.86. The number of imide groups is 1. The van der Waals surface area contributed by atoms with Gasteiger partial charge in [-0.25, -0.2) is 18.2 Å². The van der Waals surface area contributed by atoms with Crippen LogP contribution in [0.1, 0.15) is 65.4 Å². The molecule has 5 rings (SSSR count). The molecule has 0 aliphatic carbocycles. The maximum Gasteiger partial charge on any atom is 0.407 e. The van der Waals surface area contributed by atoms with Gasteiger partial charge in [0.2, 0.25) is 21.8 Å². The van der Waals surface area contributed by atoms with E-state index >= 15 is 0 Å². The van der Waals surface area contributed by atoms with Crippen LogP contribution in [0.2, 0.25) is 0 Å². The number of carbonyl (C=O) groups excluding carboxylic acids is 5. The first-order valence-electron chi connectivity index (χ1n) is 22.3. The van der Waals surface area contributed by atoms with Crippen LogP contribution < -0.4 is 21.7 Å². The Labute approximate surface area is 387 Å². The number of hydrogen-bond acceptors (Lipinski definition) is 13. The number of hydrogen-bond donors (Lipinski definition) is 4. The second-order valence-electron chi connectivity index (χ2n) is 17.2. The lowest BCUT2D eigenvalue weighted by Gasteiger charge is -2.38. The smallest absolute Gasteiger partial charge is 0.407 e. The Bertz CT molecular complexity index is 2280. The average molecular weight is 933 g/mol. The largest absolute Gasteiger partial charge is 0.444 e.